The molecule has 0 saturated carbocycles. The van der Waals surface area contributed by atoms with Crippen LogP contribution in [0.1, 0.15) is 37.7 Å². The van der Waals surface area contributed by atoms with Crippen molar-refractivity contribution >= 4 is 18.0 Å². The molecule has 0 unspecified atom stereocenters. The van der Waals surface area contributed by atoms with Crippen molar-refractivity contribution in [3.63, 3.8) is 0 Å². The molecule has 1 heterocycles. The van der Waals surface area contributed by atoms with Crippen LogP contribution in [0.25, 0.3) is 6.08 Å². The van der Waals surface area contributed by atoms with Gasteiger partial charge in [-0.25, -0.2) is 4.79 Å². The number of carbonyl (C=O) groups excluding carboxylic acids is 2. The number of carbonyl (C=O) groups is 2. The summed E-state index contributed by atoms with van der Waals surface area (Å²) in [6.45, 7) is 10.2. The highest BCUT2D eigenvalue weighted by molar-refractivity contribution is 5.99. The van der Waals surface area contributed by atoms with E-state index in [0.717, 1.165) is 17.0 Å². The lowest BCUT2D eigenvalue weighted by atomic mass is 10.1. The van der Waals surface area contributed by atoms with E-state index in [0.29, 0.717) is 13.2 Å². The fourth-order valence-corrected chi connectivity index (χ4v) is 2.47. The maximum atomic E-state index is 12.2. The lowest BCUT2D eigenvalue weighted by Crippen LogP contribution is -2.39. The molecule has 1 N–H and O–H groups in total. The lowest BCUT2D eigenvalue weighted by molar-refractivity contribution is -0.150. The van der Waals surface area contributed by atoms with Crippen molar-refractivity contribution in [1.82, 2.24) is 9.88 Å². The summed E-state index contributed by atoms with van der Waals surface area (Å²) in [5.74, 6) is -1.22. The predicted octanol–water partition coefficient (Wildman–Crippen LogP) is 2.11. The summed E-state index contributed by atoms with van der Waals surface area (Å²) < 4.78 is 12.3. The zero-order valence-corrected chi connectivity index (χ0v) is 16.3. The first-order valence-corrected chi connectivity index (χ1v) is 8.50. The van der Waals surface area contributed by atoms with E-state index in [4.69, 9.17) is 9.47 Å². The highest BCUT2D eigenvalue weighted by Crippen LogP contribution is 2.19. The number of nitrogens with one attached hydrogen (secondary N) is 1. The third kappa shape index (κ3) is 5.74. The Morgan fingerprint density at radius 1 is 1.35 bits per heavy atom. The molecule has 1 rings (SSSR count). The van der Waals surface area contributed by atoms with Crippen LogP contribution >= 0.6 is 0 Å². The van der Waals surface area contributed by atoms with Crippen LogP contribution < -0.4 is 5.32 Å². The van der Waals surface area contributed by atoms with Gasteiger partial charge in [0, 0.05) is 31.1 Å². The van der Waals surface area contributed by atoms with Crippen molar-refractivity contribution in [3.05, 3.63) is 28.6 Å². The molecule has 1 aromatic rings. The Labute approximate surface area is 154 Å². The Morgan fingerprint density at radius 3 is 2.54 bits per heavy atom. The fraction of sp³-hybridized carbons (Fsp3) is 0.526. The molecular formula is C19H27N3O4. The van der Waals surface area contributed by atoms with Gasteiger partial charge in [-0.05, 0) is 52.3 Å². The van der Waals surface area contributed by atoms with Gasteiger partial charge < -0.3 is 19.4 Å². The predicted molar refractivity (Wildman–Crippen MR) is 98.2 cm³/mol. The average molecular weight is 361 g/mol. The number of aryl methyl sites for hydroxylation is 1. The van der Waals surface area contributed by atoms with Crippen molar-refractivity contribution < 1.29 is 19.1 Å². The number of nitriles is 1. The molecule has 0 aliphatic carbocycles. The number of ether oxygens (including phenoxy) is 2. The molecule has 0 spiro atoms. The fourth-order valence-electron chi connectivity index (χ4n) is 2.47. The minimum Gasteiger partial charge on any atom is -0.448 e. The molecule has 0 aliphatic rings. The first kappa shape index (κ1) is 21.5. The minimum atomic E-state index is -0.976. The summed E-state index contributed by atoms with van der Waals surface area (Å²) in [5.41, 5.74) is 2.53. The second kappa shape index (κ2) is 9.78. The summed E-state index contributed by atoms with van der Waals surface area (Å²) in [6.07, 6.45) is 0.511. The van der Waals surface area contributed by atoms with Gasteiger partial charge in [0.2, 0.25) is 0 Å². The van der Waals surface area contributed by atoms with Gasteiger partial charge in [-0.2, -0.15) is 5.26 Å². The third-order valence-corrected chi connectivity index (χ3v) is 3.86. The molecule has 1 amide bonds. The maximum absolute atomic E-state index is 12.2. The van der Waals surface area contributed by atoms with E-state index in [1.807, 2.05) is 44.4 Å². The van der Waals surface area contributed by atoms with Crippen LogP contribution in [-0.2, 0) is 25.6 Å². The topological polar surface area (TPSA) is 93.3 Å². The van der Waals surface area contributed by atoms with Crippen LogP contribution in [0.2, 0.25) is 0 Å². The number of esters is 1. The molecule has 0 saturated heterocycles. The zero-order chi connectivity index (χ0) is 19.9. The van der Waals surface area contributed by atoms with Crippen molar-refractivity contribution in [1.29, 1.82) is 5.26 Å². The summed E-state index contributed by atoms with van der Waals surface area (Å²) in [5, 5.41) is 12.0. The number of rotatable bonds is 8. The molecule has 0 aliphatic heterocycles. The molecule has 0 aromatic carbocycles. The van der Waals surface area contributed by atoms with Crippen LogP contribution in [0.3, 0.4) is 0 Å². The molecule has 0 bridgehead atoms. The molecule has 0 fully saturated rings. The quantitative estimate of drug-likeness (QED) is 0.435. The second-order valence-electron chi connectivity index (χ2n) is 6.35. The first-order chi connectivity index (χ1) is 12.2. The van der Waals surface area contributed by atoms with Crippen molar-refractivity contribution in [2.24, 2.45) is 0 Å². The van der Waals surface area contributed by atoms with E-state index in [2.05, 4.69) is 5.32 Å². The molecule has 7 heteroatoms. The van der Waals surface area contributed by atoms with E-state index < -0.39 is 18.0 Å². The SMILES string of the molecule is COCCn1c(C)cc(/C=C(\C#N)C(=O)O[C@H](C)C(=O)NC(C)C)c1C. The maximum Gasteiger partial charge on any atom is 0.349 e. The molecule has 26 heavy (non-hydrogen) atoms. The summed E-state index contributed by atoms with van der Waals surface area (Å²) in [6, 6.07) is 3.69. The van der Waals surface area contributed by atoms with Crippen LogP contribution in [0, 0.1) is 25.2 Å². The molecule has 1 aromatic heterocycles. The van der Waals surface area contributed by atoms with Gasteiger partial charge in [-0.15, -0.1) is 0 Å². The van der Waals surface area contributed by atoms with Gasteiger partial charge in [0.15, 0.2) is 6.10 Å². The monoisotopic (exact) mass is 361 g/mol. The van der Waals surface area contributed by atoms with Gasteiger partial charge >= 0.3 is 5.97 Å². The highest BCUT2D eigenvalue weighted by Gasteiger charge is 2.21. The van der Waals surface area contributed by atoms with Crippen LogP contribution in [-0.4, -0.2) is 42.3 Å². The van der Waals surface area contributed by atoms with Gasteiger partial charge in [0.1, 0.15) is 11.6 Å². The number of hydrogen-bond donors (Lipinski definition) is 1. The van der Waals surface area contributed by atoms with Crippen molar-refractivity contribution in [3.8, 4) is 6.07 Å². The molecule has 7 nitrogen and oxygen atoms in total. The smallest absolute Gasteiger partial charge is 0.349 e. The van der Waals surface area contributed by atoms with Crippen molar-refractivity contribution in [2.45, 2.75) is 53.3 Å². The largest absolute Gasteiger partial charge is 0.448 e. The average Bonchev–Trinajstić information content (AvgIpc) is 2.83. The van der Waals surface area contributed by atoms with Gasteiger partial charge in [-0.1, -0.05) is 0 Å². The Kier molecular flexibility index (Phi) is 8.07. The van der Waals surface area contributed by atoms with Crippen LogP contribution in [0.4, 0.5) is 0 Å². The van der Waals surface area contributed by atoms with Gasteiger partial charge in [0.05, 0.1) is 6.61 Å². The van der Waals surface area contributed by atoms with Gasteiger partial charge in [-0.3, -0.25) is 4.79 Å². The third-order valence-electron chi connectivity index (χ3n) is 3.86. The van der Waals surface area contributed by atoms with E-state index in [1.54, 1.807) is 7.11 Å². The van der Waals surface area contributed by atoms with Gasteiger partial charge in [0.25, 0.3) is 5.91 Å². The normalized spacial score (nSPS) is 12.6. The lowest BCUT2D eigenvalue weighted by Gasteiger charge is -2.15. The number of amides is 1. The Balaban J connectivity index is 2.96. The zero-order valence-electron chi connectivity index (χ0n) is 16.3. The minimum absolute atomic E-state index is 0.0629. The van der Waals surface area contributed by atoms with E-state index in [-0.39, 0.29) is 11.6 Å². The Bertz CT molecular complexity index is 726. The number of aromatic nitrogens is 1. The van der Waals surface area contributed by atoms with Crippen LogP contribution in [0.15, 0.2) is 11.6 Å². The molecular weight excluding hydrogens is 334 g/mol. The Morgan fingerprint density at radius 2 is 2.00 bits per heavy atom. The summed E-state index contributed by atoms with van der Waals surface area (Å²) >= 11 is 0. The Hall–Kier alpha value is -2.59. The molecule has 0 radical (unpaired) electrons. The molecule has 142 valence electrons. The molecule has 1 atom stereocenters. The number of hydrogen-bond acceptors (Lipinski definition) is 5. The highest BCUT2D eigenvalue weighted by atomic mass is 16.5. The van der Waals surface area contributed by atoms with E-state index in [9.17, 15) is 14.9 Å². The summed E-state index contributed by atoms with van der Waals surface area (Å²) in [4.78, 5) is 24.1. The van der Waals surface area contributed by atoms with Crippen molar-refractivity contribution in [2.75, 3.05) is 13.7 Å². The standard InChI is InChI=1S/C19H27N3O4/c1-12(2)21-18(23)15(5)26-19(24)17(11-20)10-16-9-13(3)22(14(16)4)7-8-25-6/h9-10,12,15H,7-8H2,1-6H3,(H,21,23)/b17-10+/t15-/m1/s1. The van der Waals surface area contributed by atoms with E-state index in [1.165, 1.54) is 13.0 Å². The number of nitrogens with zero attached hydrogens (tertiary/aromatic N) is 2. The number of methoxy groups -OCH3 is 1. The van der Waals surface area contributed by atoms with Crippen LogP contribution in [0.5, 0.6) is 0 Å². The second-order valence-corrected chi connectivity index (χ2v) is 6.35. The summed E-state index contributed by atoms with van der Waals surface area (Å²) in [7, 11) is 1.63. The van der Waals surface area contributed by atoms with E-state index >= 15 is 0 Å². The first-order valence-electron chi connectivity index (χ1n) is 8.50.